The van der Waals surface area contributed by atoms with Gasteiger partial charge in [-0.2, -0.15) is 0 Å². The van der Waals surface area contributed by atoms with Crippen LogP contribution in [-0.2, 0) is 22.6 Å². The van der Waals surface area contributed by atoms with E-state index in [0.717, 1.165) is 16.7 Å². The lowest BCUT2D eigenvalue weighted by Gasteiger charge is -2.31. The molecule has 0 unspecified atom stereocenters. The molecule has 190 valence electrons. The van der Waals surface area contributed by atoms with Crippen molar-refractivity contribution in [2.24, 2.45) is 5.92 Å². The summed E-state index contributed by atoms with van der Waals surface area (Å²) >= 11 is 12.3. The number of carbonyl (C=O) groups is 2. The summed E-state index contributed by atoms with van der Waals surface area (Å²) in [7, 11) is 0. The first-order valence-corrected chi connectivity index (χ1v) is 12.7. The van der Waals surface area contributed by atoms with Gasteiger partial charge in [0.25, 0.3) is 5.91 Å². The molecule has 0 aliphatic rings. The van der Waals surface area contributed by atoms with E-state index < -0.39 is 6.04 Å². The van der Waals surface area contributed by atoms with Crippen LogP contribution in [0.25, 0.3) is 0 Å². The number of carbonyl (C=O) groups excluding carboxylic acids is 2. The first-order valence-electron chi connectivity index (χ1n) is 12.0. The number of amides is 2. The molecule has 0 aromatic heterocycles. The van der Waals surface area contributed by atoms with Crippen LogP contribution in [0.2, 0.25) is 10.0 Å². The van der Waals surface area contributed by atoms with E-state index >= 15 is 0 Å². The lowest BCUT2D eigenvalue weighted by Crippen LogP contribution is -2.52. The predicted molar refractivity (Wildman–Crippen MR) is 145 cm³/mol. The van der Waals surface area contributed by atoms with E-state index in [9.17, 15) is 9.59 Å². The summed E-state index contributed by atoms with van der Waals surface area (Å²) < 4.78 is 5.82. The summed E-state index contributed by atoms with van der Waals surface area (Å²) in [5.41, 5.74) is 2.64. The van der Waals surface area contributed by atoms with Gasteiger partial charge in [0, 0.05) is 29.6 Å². The van der Waals surface area contributed by atoms with Crippen molar-refractivity contribution < 1.29 is 14.3 Å². The van der Waals surface area contributed by atoms with E-state index in [1.165, 1.54) is 0 Å². The van der Waals surface area contributed by atoms with Crippen LogP contribution in [-0.4, -0.2) is 35.9 Å². The molecule has 0 spiro atoms. The Morgan fingerprint density at radius 3 is 2.33 bits per heavy atom. The molecule has 0 aliphatic carbocycles. The zero-order valence-corrected chi connectivity index (χ0v) is 22.4. The topological polar surface area (TPSA) is 58.6 Å². The highest BCUT2D eigenvalue weighted by atomic mass is 35.5. The summed E-state index contributed by atoms with van der Waals surface area (Å²) in [5, 5.41) is 4.20. The summed E-state index contributed by atoms with van der Waals surface area (Å²) in [5.74, 6) is 0.310. The Balaban J connectivity index is 1.90. The number of ether oxygens (including phenoxy) is 1. The molecule has 5 nitrogen and oxygen atoms in total. The number of rotatable bonds is 11. The van der Waals surface area contributed by atoms with Crippen molar-refractivity contribution in [3.8, 4) is 5.75 Å². The molecular weight excluding hydrogens is 495 g/mol. The predicted octanol–water partition coefficient (Wildman–Crippen LogP) is 6.09. The molecule has 1 atom stereocenters. The molecular formula is C29H32Cl2N2O3. The van der Waals surface area contributed by atoms with E-state index in [1.54, 1.807) is 35.2 Å². The van der Waals surface area contributed by atoms with Gasteiger partial charge in [-0.05, 0) is 59.9 Å². The van der Waals surface area contributed by atoms with E-state index in [1.807, 2.05) is 63.2 Å². The molecule has 3 aromatic carbocycles. The summed E-state index contributed by atoms with van der Waals surface area (Å²) in [6.07, 6.45) is 0.372. The van der Waals surface area contributed by atoms with Gasteiger partial charge in [0.1, 0.15) is 11.8 Å². The van der Waals surface area contributed by atoms with Gasteiger partial charge in [0.15, 0.2) is 6.61 Å². The average Bonchev–Trinajstić information content (AvgIpc) is 2.86. The molecule has 2 amide bonds. The highest BCUT2D eigenvalue weighted by Crippen LogP contribution is 2.22. The van der Waals surface area contributed by atoms with Gasteiger partial charge < -0.3 is 15.0 Å². The molecule has 0 saturated heterocycles. The zero-order valence-electron chi connectivity index (χ0n) is 20.8. The highest BCUT2D eigenvalue weighted by molar-refractivity contribution is 6.31. The molecule has 3 aromatic rings. The van der Waals surface area contributed by atoms with Crippen molar-refractivity contribution in [2.75, 3.05) is 13.2 Å². The van der Waals surface area contributed by atoms with Crippen molar-refractivity contribution >= 4 is 35.0 Å². The minimum Gasteiger partial charge on any atom is -0.484 e. The summed E-state index contributed by atoms with van der Waals surface area (Å²) in [6.45, 7) is 6.45. The maximum atomic E-state index is 13.6. The first kappa shape index (κ1) is 27.6. The van der Waals surface area contributed by atoms with Gasteiger partial charge in [0.2, 0.25) is 5.91 Å². The molecule has 0 aliphatic heterocycles. The zero-order chi connectivity index (χ0) is 26.1. The van der Waals surface area contributed by atoms with Gasteiger partial charge in [-0.3, -0.25) is 9.59 Å². The van der Waals surface area contributed by atoms with Gasteiger partial charge in [-0.15, -0.1) is 0 Å². The van der Waals surface area contributed by atoms with E-state index in [4.69, 9.17) is 27.9 Å². The second-order valence-corrected chi connectivity index (χ2v) is 10.0. The van der Waals surface area contributed by atoms with Crippen molar-refractivity contribution in [3.05, 3.63) is 99.5 Å². The summed E-state index contributed by atoms with van der Waals surface area (Å²) in [6, 6.07) is 21.5. The fraction of sp³-hybridized carbons (Fsp3) is 0.310. The van der Waals surface area contributed by atoms with Crippen LogP contribution in [0.3, 0.4) is 0 Å². The van der Waals surface area contributed by atoms with Gasteiger partial charge in [-0.25, -0.2) is 0 Å². The van der Waals surface area contributed by atoms with Crippen LogP contribution < -0.4 is 10.1 Å². The monoisotopic (exact) mass is 526 g/mol. The van der Waals surface area contributed by atoms with Gasteiger partial charge >= 0.3 is 0 Å². The fourth-order valence-electron chi connectivity index (χ4n) is 3.74. The van der Waals surface area contributed by atoms with Crippen LogP contribution in [0.1, 0.15) is 30.5 Å². The normalized spacial score (nSPS) is 11.7. The Labute approximate surface area is 223 Å². The number of nitrogens with zero attached hydrogens (tertiary/aromatic N) is 1. The Morgan fingerprint density at radius 2 is 1.67 bits per heavy atom. The maximum Gasteiger partial charge on any atom is 0.261 e. The van der Waals surface area contributed by atoms with Crippen LogP contribution in [0.15, 0.2) is 72.8 Å². The number of hydrogen-bond donors (Lipinski definition) is 1. The van der Waals surface area contributed by atoms with E-state index in [0.29, 0.717) is 28.8 Å². The lowest BCUT2D eigenvalue weighted by atomic mass is 10.0. The molecule has 3 rings (SSSR count). The van der Waals surface area contributed by atoms with Crippen LogP contribution in [0.4, 0.5) is 0 Å². The second-order valence-electron chi connectivity index (χ2n) is 9.20. The molecule has 0 heterocycles. The number of halogens is 2. The Bertz CT molecular complexity index is 1170. The van der Waals surface area contributed by atoms with Crippen LogP contribution in [0, 0.1) is 12.8 Å². The third kappa shape index (κ3) is 8.28. The fourth-order valence-corrected chi connectivity index (χ4v) is 4.07. The van der Waals surface area contributed by atoms with E-state index in [-0.39, 0.29) is 30.9 Å². The van der Waals surface area contributed by atoms with Gasteiger partial charge in [-0.1, -0.05) is 79.5 Å². The smallest absolute Gasteiger partial charge is 0.261 e. The molecule has 0 radical (unpaired) electrons. The quantitative estimate of drug-likeness (QED) is 0.328. The number of nitrogens with one attached hydrogen (secondary N) is 1. The molecule has 1 N–H and O–H groups in total. The van der Waals surface area contributed by atoms with Crippen LogP contribution >= 0.6 is 23.2 Å². The average molecular weight is 527 g/mol. The molecule has 0 bridgehead atoms. The van der Waals surface area contributed by atoms with Crippen molar-refractivity contribution in [1.82, 2.24) is 10.2 Å². The third-order valence-corrected chi connectivity index (χ3v) is 6.35. The largest absolute Gasteiger partial charge is 0.484 e. The highest BCUT2D eigenvalue weighted by Gasteiger charge is 2.30. The first-order chi connectivity index (χ1) is 17.2. The standard InChI is InChI=1S/C29H32Cl2N2O3/c1-20(2)17-32-29(35)27(16-22-8-5-4-6-9-22)33(18-23-10-7-11-24(30)15-23)28(34)19-36-25-12-13-26(31)21(3)14-25/h4-15,20,27H,16-19H2,1-3H3,(H,32,35)/t27-/m0/s1. The third-order valence-electron chi connectivity index (χ3n) is 5.69. The second kappa shape index (κ2) is 13.3. The number of aryl methyl sites for hydroxylation is 1. The SMILES string of the molecule is Cc1cc(OCC(=O)N(Cc2cccc(Cl)c2)[C@@H](Cc2ccccc2)C(=O)NCC(C)C)ccc1Cl. The maximum absolute atomic E-state index is 13.6. The van der Waals surface area contributed by atoms with Crippen molar-refractivity contribution in [3.63, 3.8) is 0 Å². The molecule has 36 heavy (non-hydrogen) atoms. The van der Waals surface area contributed by atoms with E-state index in [2.05, 4.69) is 5.32 Å². The lowest BCUT2D eigenvalue weighted by molar-refractivity contribution is -0.142. The number of hydrogen-bond acceptors (Lipinski definition) is 3. The molecule has 0 fully saturated rings. The van der Waals surface area contributed by atoms with Crippen molar-refractivity contribution in [1.29, 1.82) is 0 Å². The Hall–Kier alpha value is -3.02. The molecule has 7 heteroatoms. The van der Waals surface area contributed by atoms with Crippen LogP contribution in [0.5, 0.6) is 5.75 Å². The number of benzene rings is 3. The van der Waals surface area contributed by atoms with Gasteiger partial charge in [0.05, 0.1) is 0 Å². The minimum atomic E-state index is -0.729. The Morgan fingerprint density at radius 1 is 0.944 bits per heavy atom. The molecule has 0 saturated carbocycles. The van der Waals surface area contributed by atoms with Crippen molar-refractivity contribution in [2.45, 2.75) is 39.8 Å². The summed E-state index contributed by atoms with van der Waals surface area (Å²) in [4.78, 5) is 28.6. The Kier molecular flexibility index (Phi) is 10.2. The minimum absolute atomic E-state index is 0.203.